The lowest BCUT2D eigenvalue weighted by molar-refractivity contribution is -0.123. The maximum absolute atomic E-state index is 12.6. The van der Waals surface area contributed by atoms with Gasteiger partial charge in [-0.15, -0.1) is 11.3 Å². The van der Waals surface area contributed by atoms with Gasteiger partial charge in [-0.05, 0) is 45.2 Å². The van der Waals surface area contributed by atoms with Gasteiger partial charge >= 0.3 is 0 Å². The zero-order chi connectivity index (χ0) is 16.1. The third kappa shape index (κ3) is 2.52. The summed E-state index contributed by atoms with van der Waals surface area (Å²) in [5.74, 6) is 0.467. The molecule has 1 N–H and O–H groups in total. The topological polar surface area (TPSA) is 68.4 Å². The highest BCUT2D eigenvalue weighted by Gasteiger charge is 2.17. The van der Waals surface area contributed by atoms with Crippen molar-refractivity contribution >= 4 is 33.0 Å². The molecule has 0 saturated carbocycles. The maximum atomic E-state index is 12.6. The van der Waals surface area contributed by atoms with Gasteiger partial charge < -0.3 is 5.32 Å². The number of carbonyl (C=O) groups excluding carboxylic acids is 1. The summed E-state index contributed by atoms with van der Waals surface area (Å²) in [4.78, 5) is 25.6. The van der Waals surface area contributed by atoms with Gasteiger partial charge in [0.1, 0.15) is 22.7 Å². The number of amides is 1. The van der Waals surface area contributed by atoms with Crippen LogP contribution in [0.2, 0.25) is 0 Å². The summed E-state index contributed by atoms with van der Waals surface area (Å²) in [5.41, 5.74) is -0.0340. The molecular formula is C15H18N4O2S. The number of thiophene rings is 1. The second kappa shape index (κ2) is 4.95. The number of hydrogen-bond donors (Lipinski definition) is 1. The predicted octanol–water partition coefficient (Wildman–Crippen LogP) is 1.93. The van der Waals surface area contributed by atoms with Crippen molar-refractivity contribution in [3.8, 4) is 0 Å². The minimum Gasteiger partial charge on any atom is -0.350 e. The van der Waals surface area contributed by atoms with Gasteiger partial charge in [-0.1, -0.05) is 0 Å². The third-order valence-electron chi connectivity index (χ3n) is 3.26. The Morgan fingerprint density at radius 1 is 1.41 bits per heavy atom. The van der Waals surface area contributed by atoms with Crippen LogP contribution >= 0.6 is 11.3 Å². The van der Waals surface area contributed by atoms with Gasteiger partial charge in [0, 0.05) is 10.9 Å². The minimum absolute atomic E-state index is 0.0771. The molecule has 0 atom stereocenters. The van der Waals surface area contributed by atoms with Gasteiger partial charge in [0.05, 0.1) is 0 Å². The Kier molecular flexibility index (Phi) is 3.32. The van der Waals surface area contributed by atoms with Crippen LogP contribution in [0.3, 0.4) is 0 Å². The molecule has 0 aliphatic rings. The standard InChI is InChI=1S/C15H18N4O2S/c1-9-17-18(8-12(20)16-15(2,3)4)13(21)11-7-10-5-6-22-14(10)19(9)11/h5-7H,8H2,1-4H3,(H,16,20). The van der Waals surface area contributed by atoms with E-state index >= 15 is 0 Å². The molecule has 0 saturated heterocycles. The van der Waals surface area contributed by atoms with Crippen molar-refractivity contribution < 1.29 is 4.79 Å². The van der Waals surface area contributed by atoms with Crippen molar-refractivity contribution in [2.75, 3.05) is 0 Å². The van der Waals surface area contributed by atoms with Crippen LogP contribution in [-0.4, -0.2) is 25.6 Å². The fourth-order valence-corrected chi connectivity index (χ4v) is 3.44. The Labute approximate surface area is 131 Å². The van der Waals surface area contributed by atoms with Crippen molar-refractivity contribution in [2.24, 2.45) is 0 Å². The smallest absolute Gasteiger partial charge is 0.291 e. The Bertz CT molecular complexity index is 927. The lowest BCUT2D eigenvalue weighted by Crippen LogP contribution is -2.44. The van der Waals surface area contributed by atoms with Crippen LogP contribution in [0.4, 0.5) is 0 Å². The first-order chi connectivity index (χ1) is 10.3. The number of aromatic nitrogens is 3. The highest BCUT2D eigenvalue weighted by Crippen LogP contribution is 2.24. The van der Waals surface area contributed by atoms with E-state index in [0.717, 1.165) is 10.2 Å². The van der Waals surface area contributed by atoms with Crippen molar-refractivity contribution in [2.45, 2.75) is 39.8 Å². The van der Waals surface area contributed by atoms with E-state index in [0.29, 0.717) is 11.3 Å². The summed E-state index contributed by atoms with van der Waals surface area (Å²) in [6.07, 6.45) is 0. The van der Waals surface area contributed by atoms with Crippen LogP contribution in [0.1, 0.15) is 26.6 Å². The number of nitrogens with one attached hydrogen (secondary N) is 1. The second-order valence-electron chi connectivity index (χ2n) is 6.35. The van der Waals surface area contributed by atoms with E-state index in [2.05, 4.69) is 10.4 Å². The molecule has 0 fully saturated rings. The van der Waals surface area contributed by atoms with Gasteiger partial charge in [-0.25, -0.2) is 4.68 Å². The van der Waals surface area contributed by atoms with Gasteiger partial charge in [0.25, 0.3) is 5.56 Å². The van der Waals surface area contributed by atoms with Crippen LogP contribution in [0, 0.1) is 6.92 Å². The number of fused-ring (bicyclic) bond motifs is 3. The molecule has 116 valence electrons. The number of carbonyl (C=O) groups is 1. The molecule has 0 unspecified atom stereocenters. The zero-order valence-electron chi connectivity index (χ0n) is 13.0. The van der Waals surface area contributed by atoms with Gasteiger partial charge in [-0.3, -0.25) is 14.0 Å². The van der Waals surface area contributed by atoms with E-state index < -0.39 is 0 Å². The number of rotatable bonds is 2. The van der Waals surface area contributed by atoms with Crippen LogP contribution < -0.4 is 10.9 Å². The lowest BCUT2D eigenvalue weighted by Gasteiger charge is -2.20. The summed E-state index contributed by atoms with van der Waals surface area (Å²) < 4.78 is 3.08. The Morgan fingerprint density at radius 2 is 2.14 bits per heavy atom. The van der Waals surface area contributed by atoms with Crippen LogP contribution in [0.25, 0.3) is 15.7 Å². The fraction of sp³-hybridized carbons (Fsp3) is 0.400. The molecule has 0 spiro atoms. The summed E-state index contributed by atoms with van der Waals surface area (Å²) in [6.45, 7) is 7.46. The van der Waals surface area contributed by atoms with E-state index in [9.17, 15) is 9.59 Å². The number of hydrogen-bond acceptors (Lipinski definition) is 4. The molecule has 0 aromatic carbocycles. The lowest BCUT2D eigenvalue weighted by atomic mass is 10.1. The van der Waals surface area contributed by atoms with E-state index in [-0.39, 0.29) is 23.6 Å². The molecule has 3 aromatic rings. The van der Waals surface area contributed by atoms with Gasteiger partial charge in [0.2, 0.25) is 5.91 Å². The summed E-state index contributed by atoms with van der Waals surface area (Å²) >= 11 is 1.57. The van der Waals surface area contributed by atoms with Crippen molar-refractivity contribution in [1.29, 1.82) is 0 Å². The van der Waals surface area contributed by atoms with E-state index in [1.807, 2.05) is 49.6 Å². The number of nitrogens with zero attached hydrogens (tertiary/aromatic N) is 3. The highest BCUT2D eigenvalue weighted by atomic mass is 32.1. The molecule has 0 aliphatic heterocycles. The molecule has 3 rings (SSSR count). The van der Waals surface area contributed by atoms with Crippen LogP contribution in [0.15, 0.2) is 22.3 Å². The van der Waals surface area contributed by atoms with Crippen molar-refractivity contribution in [3.05, 3.63) is 33.7 Å². The minimum atomic E-state index is -0.336. The molecule has 7 heteroatoms. The largest absolute Gasteiger partial charge is 0.350 e. The average Bonchev–Trinajstić information content (AvgIpc) is 2.92. The van der Waals surface area contributed by atoms with Crippen LogP contribution in [-0.2, 0) is 11.3 Å². The molecule has 0 radical (unpaired) electrons. The monoisotopic (exact) mass is 318 g/mol. The Balaban J connectivity index is 2.06. The quantitative estimate of drug-likeness (QED) is 0.785. The molecule has 3 heterocycles. The first-order valence-corrected chi connectivity index (χ1v) is 7.91. The number of aryl methyl sites for hydroxylation is 1. The molecular weight excluding hydrogens is 300 g/mol. The Hall–Kier alpha value is -2.15. The van der Waals surface area contributed by atoms with Gasteiger partial charge in [0.15, 0.2) is 0 Å². The second-order valence-corrected chi connectivity index (χ2v) is 7.25. The predicted molar refractivity (Wildman–Crippen MR) is 87.5 cm³/mol. The molecule has 3 aromatic heterocycles. The first-order valence-electron chi connectivity index (χ1n) is 7.04. The molecule has 0 aliphatic carbocycles. The SMILES string of the molecule is Cc1nn(CC(=O)NC(C)(C)C)c(=O)c2cc3ccsc3n12. The highest BCUT2D eigenvalue weighted by molar-refractivity contribution is 7.16. The normalized spacial score (nSPS) is 12.2. The first kappa shape index (κ1) is 14.8. The fourth-order valence-electron chi connectivity index (χ4n) is 2.50. The van der Waals surface area contributed by atoms with E-state index in [4.69, 9.17) is 0 Å². The van der Waals surface area contributed by atoms with Crippen LogP contribution in [0.5, 0.6) is 0 Å². The van der Waals surface area contributed by atoms with E-state index in [1.54, 1.807) is 11.3 Å². The average molecular weight is 318 g/mol. The molecule has 6 nitrogen and oxygen atoms in total. The molecule has 0 bridgehead atoms. The third-order valence-corrected chi connectivity index (χ3v) is 4.17. The summed E-state index contributed by atoms with van der Waals surface area (Å²) in [7, 11) is 0. The molecule has 22 heavy (non-hydrogen) atoms. The summed E-state index contributed by atoms with van der Waals surface area (Å²) in [6, 6.07) is 3.82. The van der Waals surface area contributed by atoms with E-state index in [1.165, 1.54) is 4.68 Å². The zero-order valence-corrected chi connectivity index (χ0v) is 13.8. The van der Waals surface area contributed by atoms with Gasteiger partial charge in [-0.2, -0.15) is 5.10 Å². The molecule has 1 amide bonds. The Morgan fingerprint density at radius 3 is 2.82 bits per heavy atom. The maximum Gasteiger partial charge on any atom is 0.291 e. The van der Waals surface area contributed by atoms with Crippen molar-refractivity contribution in [3.63, 3.8) is 0 Å². The van der Waals surface area contributed by atoms with Crippen molar-refractivity contribution in [1.82, 2.24) is 19.5 Å². The summed E-state index contributed by atoms with van der Waals surface area (Å²) in [5, 5.41) is 10.1.